The molecular formula is C22H25N3O3. The van der Waals surface area contributed by atoms with Crippen molar-refractivity contribution in [1.82, 2.24) is 15.2 Å². The highest BCUT2D eigenvalue weighted by atomic mass is 16.3. The van der Waals surface area contributed by atoms with Gasteiger partial charge in [0.05, 0.1) is 25.1 Å². The second-order valence-electron chi connectivity index (χ2n) is 7.61. The average molecular weight is 379 g/mol. The first kappa shape index (κ1) is 18.6. The van der Waals surface area contributed by atoms with E-state index in [2.05, 4.69) is 10.3 Å². The van der Waals surface area contributed by atoms with Crippen LogP contribution >= 0.6 is 0 Å². The van der Waals surface area contributed by atoms with E-state index < -0.39 is 0 Å². The molecule has 0 spiro atoms. The van der Waals surface area contributed by atoms with Gasteiger partial charge in [-0.05, 0) is 30.0 Å². The Morgan fingerprint density at radius 1 is 1.11 bits per heavy atom. The zero-order valence-corrected chi connectivity index (χ0v) is 15.7. The van der Waals surface area contributed by atoms with Crippen LogP contribution in [0.25, 0.3) is 0 Å². The van der Waals surface area contributed by atoms with Crippen LogP contribution in [0.1, 0.15) is 29.9 Å². The molecule has 1 aromatic carbocycles. The summed E-state index contributed by atoms with van der Waals surface area (Å²) in [6.07, 6.45) is 5.49. The summed E-state index contributed by atoms with van der Waals surface area (Å²) in [5, 5.41) is 13.0. The maximum atomic E-state index is 13.0. The van der Waals surface area contributed by atoms with Crippen LogP contribution in [-0.4, -0.2) is 52.0 Å². The van der Waals surface area contributed by atoms with Gasteiger partial charge in [0.1, 0.15) is 0 Å². The van der Waals surface area contributed by atoms with E-state index in [1.165, 1.54) is 0 Å². The monoisotopic (exact) mass is 379 g/mol. The van der Waals surface area contributed by atoms with Gasteiger partial charge in [-0.25, -0.2) is 0 Å². The standard InChI is InChI=1S/C22H25N3O3/c26-14-19-21(16-6-2-1-3-7-16)18(13-24-22(28)17-8-9-17)25(19)20(27)11-15-5-4-10-23-12-15/h1-7,10,12,17-19,21,26H,8-9,11,13-14H2,(H,24,28)/t18-,19-,21-/m0/s1. The third kappa shape index (κ3) is 3.78. The van der Waals surface area contributed by atoms with Gasteiger partial charge in [0, 0.05) is 30.8 Å². The minimum Gasteiger partial charge on any atom is -0.394 e. The summed E-state index contributed by atoms with van der Waals surface area (Å²) >= 11 is 0. The van der Waals surface area contributed by atoms with Crippen molar-refractivity contribution in [3.05, 3.63) is 66.0 Å². The van der Waals surface area contributed by atoms with Crippen molar-refractivity contribution in [2.75, 3.05) is 13.2 Å². The number of carbonyl (C=O) groups excluding carboxylic acids is 2. The molecule has 146 valence electrons. The maximum Gasteiger partial charge on any atom is 0.227 e. The summed E-state index contributed by atoms with van der Waals surface area (Å²) in [5.74, 6) is 0.149. The molecule has 3 atom stereocenters. The van der Waals surface area contributed by atoms with Crippen molar-refractivity contribution in [3.8, 4) is 0 Å². The number of carbonyl (C=O) groups is 2. The number of aromatic nitrogens is 1. The Bertz CT molecular complexity index is 823. The highest BCUT2D eigenvalue weighted by molar-refractivity contribution is 5.82. The number of likely N-dealkylation sites (tertiary alicyclic amines) is 1. The molecule has 2 aromatic rings. The minimum absolute atomic E-state index is 0.00329. The van der Waals surface area contributed by atoms with Crippen LogP contribution in [-0.2, 0) is 16.0 Å². The Hall–Kier alpha value is -2.73. The molecule has 1 saturated carbocycles. The Morgan fingerprint density at radius 3 is 2.54 bits per heavy atom. The molecule has 6 heteroatoms. The molecule has 4 rings (SSSR count). The SMILES string of the molecule is O=C(NC[C@H]1[C@H](c2ccccc2)[C@H](CO)N1C(=O)Cc1cccnc1)C1CC1. The molecule has 1 aliphatic carbocycles. The second-order valence-corrected chi connectivity index (χ2v) is 7.61. The van der Waals surface area contributed by atoms with Gasteiger partial charge in [-0.1, -0.05) is 36.4 Å². The molecule has 0 bridgehead atoms. The molecule has 1 aromatic heterocycles. The lowest BCUT2D eigenvalue weighted by molar-refractivity contribution is -0.150. The van der Waals surface area contributed by atoms with Gasteiger partial charge >= 0.3 is 0 Å². The minimum atomic E-state index is -0.283. The summed E-state index contributed by atoms with van der Waals surface area (Å²) < 4.78 is 0. The fraction of sp³-hybridized carbons (Fsp3) is 0.409. The van der Waals surface area contributed by atoms with E-state index in [1.807, 2.05) is 42.5 Å². The summed E-state index contributed by atoms with van der Waals surface area (Å²) in [6.45, 7) is 0.301. The first-order valence-electron chi connectivity index (χ1n) is 9.82. The van der Waals surface area contributed by atoms with Gasteiger partial charge < -0.3 is 15.3 Å². The number of rotatable bonds is 7. The molecule has 1 saturated heterocycles. The highest BCUT2D eigenvalue weighted by Crippen LogP contribution is 2.41. The van der Waals surface area contributed by atoms with Gasteiger partial charge in [0.25, 0.3) is 0 Å². The fourth-order valence-electron chi connectivity index (χ4n) is 4.13. The van der Waals surface area contributed by atoms with Crippen LogP contribution in [0, 0.1) is 5.92 Å². The normalized spacial score (nSPS) is 23.8. The van der Waals surface area contributed by atoms with Gasteiger partial charge in [-0.3, -0.25) is 14.6 Å². The number of nitrogens with one attached hydrogen (secondary N) is 1. The number of hydrogen-bond donors (Lipinski definition) is 2. The molecule has 2 fully saturated rings. The number of aliphatic hydroxyl groups is 1. The van der Waals surface area contributed by atoms with E-state index in [9.17, 15) is 14.7 Å². The van der Waals surface area contributed by atoms with Crippen LogP contribution in [0.15, 0.2) is 54.9 Å². The predicted octanol–water partition coefficient (Wildman–Crippen LogP) is 1.51. The number of aliphatic hydroxyl groups excluding tert-OH is 1. The van der Waals surface area contributed by atoms with E-state index in [-0.39, 0.29) is 48.8 Å². The molecule has 2 heterocycles. The second kappa shape index (κ2) is 8.10. The maximum absolute atomic E-state index is 13.0. The van der Waals surface area contributed by atoms with Gasteiger partial charge in [0.2, 0.25) is 11.8 Å². The fourth-order valence-corrected chi connectivity index (χ4v) is 4.13. The molecule has 6 nitrogen and oxygen atoms in total. The van der Waals surface area contributed by atoms with Crippen LogP contribution in [0.3, 0.4) is 0 Å². The lowest BCUT2D eigenvalue weighted by atomic mass is 9.74. The summed E-state index contributed by atoms with van der Waals surface area (Å²) in [5.41, 5.74) is 1.92. The Morgan fingerprint density at radius 2 is 1.89 bits per heavy atom. The summed E-state index contributed by atoms with van der Waals surface area (Å²) in [4.78, 5) is 31.0. The number of nitrogens with zero attached hydrogens (tertiary/aromatic N) is 2. The largest absolute Gasteiger partial charge is 0.394 e. The van der Waals surface area contributed by atoms with Crippen molar-refractivity contribution >= 4 is 11.8 Å². The van der Waals surface area contributed by atoms with Crippen molar-refractivity contribution in [3.63, 3.8) is 0 Å². The van der Waals surface area contributed by atoms with Gasteiger partial charge in [-0.15, -0.1) is 0 Å². The zero-order chi connectivity index (χ0) is 19.5. The Kier molecular flexibility index (Phi) is 5.39. The van der Waals surface area contributed by atoms with E-state index in [0.717, 1.165) is 24.0 Å². The molecule has 28 heavy (non-hydrogen) atoms. The smallest absolute Gasteiger partial charge is 0.227 e. The van der Waals surface area contributed by atoms with Crippen molar-refractivity contribution in [2.24, 2.45) is 5.92 Å². The molecule has 2 aliphatic rings. The topological polar surface area (TPSA) is 82.5 Å². The molecule has 0 unspecified atom stereocenters. The molecule has 2 N–H and O–H groups in total. The van der Waals surface area contributed by atoms with Crippen molar-refractivity contribution in [1.29, 1.82) is 0 Å². The third-order valence-electron chi connectivity index (χ3n) is 5.71. The summed E-state index contributed by atoms with van der Waals surface area (Å²) in [7, 11) is 0. The Balaban J connectivity index is 1.53. The number of benzene rings is 1. The predicted molar refractivity (Wildman–Crippen MR) is 104 cm³/mol. The molecular weight excluding hydrogens is 354 g/mol. The van der Waals surface area contributed by atoms with Crippen LogP contribution < -0.4 is 5.32 Å². The van der Waals surface area contributed by atoms with Crippen LogP contribution in [0.2, 0.25) is 0 Å². The average Bonchev–Trinajstić information content (AvgIpc) is 3.54. The van der Waals surface area contributed by atoms with Gasteiger partial charge in [0.15, 0.2) is 0 Å². The first-order valence-corrected chi connectivity index (χ1v) is 9.82. The molecule has 0 radical (unpaired) electrons. The lowest BCUT2D eigenvalue weighted by Crippen LogP contribution is -2.68. The van der Waals surface area contributed by atoms with Crippen LogP contribution in [0.5, 0.6) is 0 Å². The van der Waals surface area contributed by atoms with E-state index in [4.69, 9.17) is 0 Å². The summed E-state index contributed by atoms with van der Waals surface area (Å²) in [6, 6.07) is 13.1. The quantitative estimate of drug-likeness (QED) is 0.764. The molecule has 2 amide bonds. The van der Waals surface area contributed by atoms with Gasteiger partial charge in [-0.2, -0.15) is 0 Å². The molecule has 1 aliphatic heterocycles. The Labute approximate surface area is 164 Å². The number of amides is 2. The number of pyridine rings is 1. The van der Waals surface area contributed by atoms with Crippen LogP contribution in [0.4, 0.5) is 0 Å². The lowest BCUT2D eigenvalue weighted by Gasteiger charge is -2.55. The zero-order valence-electron chi connectivity index (χ0n) is 15.7. The van der Waals surface area contributed by atoms with E-state index in [1.54, 1.807) is 17.3 Å². The third-order valence-corrected chi connectivity index (χ3v) is 5.71. The first-order chi connectivity index (χ1) is 13.7. The highest BCUT2D eigenvalue weighted by Gasteiger charge is 2.51. The van der Waals surface area contributed by atoms with E-state index >= 15 is 0 Å². The van der Waals surface area contributed by atoms with E-state index in [0.29, 0.717) is 6.54 Å². The number of hydrogen-bond acceptors (Lipinski definition) is 4. The van der Waals surface area contributed by atoms with Crippen molar-refractivity contribution < 1.29 is 14.7 Å². The van der Waals surface area contributed by atoms with Crippen molar-refractivity contribution in [2.45, 2.75) is 37.3 Å².